The predicted octanol–water partition coefficient (Wildman–Crippen LogP) is 13.4. The van der Waals surface area contributed by atoms with E-state index in [9.17, 15) is 14.7 Å². The maximum absolute atomic E-state index is 12.9. The third-order valence-electron chi connectivity index (χ3n) is 11.8. The average Bonchev–Trinajstić information content (AvgIpc) is 3.92. The molecule has 0 amide bonds. The number of rotatable bonds is 42. The van der Waals surface area contributed by atoms with Crippen molar-refractivity contribution in [2.75, 3.05) is 32.8 Å². The van der Waals surface area contributed by atoms with E-state index in [2.05, 4.69) is 25.7 Å². The summed E-state index contributed by atoms with van der Waals surface area (Å²) in [5, 5.41) is 9.47. The Balaban J connectivity index is 2.22. The molecule has 1 aliphatic carbocycles. The van der Waals surface area contributed by atoms with Crippen LogP contribution in [0.1, 0.15) is 245 Å². The number of nitrogens with zero attached hydrogens (tertiary/aromatic N) is 1. The Labute approximate surface area is 330 Å². The van der Waals surface area contributed by atoms with Crippen molar-refractivity contribution in [1.82, 2.24) is 4.90 Å². The molecular formula is C47H91NO5. The van der Waals surface area contributed by atoms with Crippen molar-refractivity contribution >= 4 is 11.9 Å². The highest BCUT2D eigenvalue weighted by atomic mass is 16.5. The summed E-state index contributed by atoms with van der Waals surface area (Å²) in [6.45, 7) is 10.8. The molecule has 1 aliphatic rings. The molecule has 0 spiro atoms. The van der Waals surface area contributed by atoms with Gasteiger partial charge in [0.2, 0.25) is 0 Å². The molecule has 1 rings (SSSR count). The van der Waals surface area contributed by atoms with Gasteiger partial charge in [-0.1, -0.05) is 143 Å². The van der Waals surface area contributed by atoms with Gasteiger partial charge in [0.25, 0.3) is 0 Å². The van der Waals surface area contributed by atoms with Crippen LogP contribution in [0.2, 0.25) is 0 Å². The van der Waals surface area contributed by atoms with Crippen LogP contribution in [0.4, 0.5) is 0 Å². The predicted molar refractivity (Wildman–Crippen MR) is 225 cm³/mol. The number of aliphatic hydroxyl groups is 1. The molecule has 0 aromatic rings. The fraction of sp³-hybridized carbons (Fsp3) is 0.957. The molecule has 314 valence electrons. The lowest BCUT2D eigenvalue weighted by Gasteiger charge is -2.23. The summed E-state index contributed by atoms with van der Waals surface area (Å²) >= 11 is 0. The zero-order valence-corrected chi connectivity index (χ0v) is 35.9. The van der Waals surface area contributed by atoms with Gasteiger partial charge in [0, 0.05) is 26.0 Å². The molecule has 0 unspecified atom stereocenters. The van der Waals surface area contributed by atoms with Crippen LogP contribution in [0, 0.1) is 5.41 Å². The second kappa shape index (κ2) is 36.5. The smallest absolute Gasteiger partial charge is 0.306 e. The minimum atomic E-state index is -0.0186. The van der Waals surface area contributed by atoms with Crippen molar-refractivity contribution in [3.05, 3.63) is 0 Å². The fourth-order valence-electron chi connectivity index (χ4n) is 7.98. The van der Waals surface area contributed by atoms with E-state index in [0.29, 0.717) is 24.9 Å². The Kier molecular flexibility index (Phi) is 34.3. The van der Waals surface area contributed by atoms with Gasteiger partial charge in [-0.2, -0.15) is 0 Å². The molecular weight excluding hydrogens is 659 g/mol. The lowest BCUT2D eigenvalue weighted by Crippen LogP contribution is -2.28. The van der Waals surface area contributed by atoms with E-state index in [1.807, 2.05) is 0 Å². The van der Waals surface area contributed by atoms with Crippen molar-refractivity contribution in [2.24, 2.45) is 5.41 Å². The number of carbonyl (C=O) groups is 2. The molecule has 0 aliphatic heterocycles. The first kappa shape index (κ1) is 49.9. The van der Waals surface area contributed by atoms with Gasteiger partial charge >= 0.3 is 11.9 Å². The summed E-state index contributed by atoms with van der Waals surface area (Å²) in [4.78, 5) is 27.5. The molecule has 53 heavy (non-hydrogen) atoms. The number of aliphatic hydroxyl groups excluding tert-OH is 1. The topological polar surface area (TPSA) is 76.1 Å². The Bertz CT molecular complexity index is 799. The first-order valence-electron chi connectivity index (χ1n) is 23.7. The van der Waals surface area contributed by atoms with Crippen molar-refractivity contribution in [3.8, 4) is 0 Å². The quantitative estimate of drug-likeness (QED) is 0.0495. The van der Waals surface area contributed by atoms with Gasteiger partial charge in [-0.15, -0.1) is 0 Å². The van der Waals surface area contributed by atoms with Crippen LogP contribution in [-0.4, -0.2) is 60.9 Å². The Morgan fingerprint density at radius 2 is 0.981 bits per heavy atom. The van der Waals surface area contributed by atoms with Gasteiger partial charge in [-0.25, -0.2) is 0 Å². The highest BCUT2D eigenvalue weighted by molar-refractivity contribution is 5.69. The largest absolute Gasteiger partial charge is 0.466 e. The average molecular weight is 750 g/mol. The summed E-state index contributed by atoms with van der Waals surface area (Å²) in [6, 6.07) is 0. The summed E-state index contributed by atoms with van der Waals surface area (Å²) in [7, 11) is 0. The molecule has 0 aromatic heterocycles. The van der Waals surface area contributed by atoms with Crippen LogP contribution in [0.5, 0.6) is 0 Å². The van der Waals surface area contributed by atoms with Crippen molar-refractivity contribution in [1.29, 1.82) is 0 Å². The van der Waals surface area contributed by atoms with Crippen molar-refractivity contribution in [2.45, 2.75) is 252 Å². The maximum Gasteiger partial charge on any atom is 0.306 e. The SMILES string of the molecule is CCCCCCCCCC(=O)OCCCCCCCN(CCCO)CCCC1(CCCC(=O)OC(CCCCCCCC)CCCCCCCC)CC1. The lowest BCUT2D eigenvalue weighted by atomic mass is 9.93. The van der Waals surface area contributed by atoms with Gasteiger partial charge < -0.3 is 19.5 Å². The monoisotopic (exact) mass is 750 g/mol. The third kappa shape index (κ3) is 31.7. The highest BCUT2D eigenvalue weighted by Gasteiger charge is 2.41. The van der Waals surface area contributed by atoms with Crippen LogP contribution < -0.4 is 0 Å². The summed E-state index contributed by atoms with van der Waals surface area (Å²) < 4.78 is 11.6. The molecule has 0 aromatic carbocycles. The minimum absolute atomic E-state index is 0.0186. The molecule has 0 saturated heterocycles. The van der Waals surface area contributed by atoms with Crippen molar-refractivity contribution < 1.29 is 24.2 Å². The van der Waals surface area contributed by atoms with E-state index >= 15 is 0 Å². The first-order chi connectivity index (χ1) is 26.0. The molecule has 1 fully saturated rings. The third-order valence-corrected chi connectivity index (χ3v) is 11.8. The summed E-state index contributed by atoms with van der Waals surface area (Å²) in [5.41, 5.74) is 0.455. The van der Waals surface area contributed by atoms with Crippen LogP contribution in [0.15, 0.2) is 0 Å². The van der Waals surface area contributed by atoms with Crippen LogP contribution in [0.25, 0.3) is 0 Å². The van der Waals surface area contributed by atoms with Gasteiger partial charge in [-0.3, -0.25) is 9.59 Å². The lowest BCUT2D eigenvalue weighted by molar-refractivity contribution is -0.150. The highest BCUT2D eigenvalue weighted by Crippen LogP contribution is 2.53. The number of carbonyl (C=O) groups excluding carboxylic acids is 2. The minimum Gasteiger partial charge on any atom is -0.466 e. The molecule has 1 saturated carbocycles. The van der Waals surface area contributed by atoms with Crippen LogP contribution >= 0.6 is 0 Å². The van der Waals surface area contributed by atoms with Gasteiger partial charge in [0.05, 0.1) is 6.61 Å². The number of ether oxygens (including phenoxy) is 2. The zero-order chi connectivity index (χ0) is 38.5. The number of unbranched alkanes of at least 4 members (excludes halogenated alkanes) is 20. The van der Waals surface area contributed by atoms with E-state index in [0.717, 1.165) is 77.4 Å². The molecule has 6 heteroatoms. The number of esters is 2. The van der Waals surface area contributed by atoms with Crippen molar-refractivity contribution in [3.63, 3.8) is 0 Å². The second-order valence-electron chi connectivity index (χ2n) is 17.0. The first-order valence-corrected chi connectivity index (χ1v) is 23.7. The standard InChI is InChI=1S/C47H91NO5/c1-4-7-10-13-16-20-25-33-45(50)52-43-27-22-17-21-26-39-48(41-30-42-49)40-29-36-47(37-38-47)35-28-34-46(51)53-44(31-23-18-14-11-8-5-2)32-24-19-15-12-9-6-3/h44,49H,4-43H2,1-3H3. The molecule has 0 heterocycles. The van der Waals surface area contributed by atoms with Gasteiger partial charge in [0.1, 0.15) is 6.10 Å². The molecule has 0 atom stereocenters. The van der Waals surface area contributed by atoms with E-state index in [-0.39, 0.29) is 24.6 Å². The Hall–Kier alpha value is -1.14. The Morgan fingerprint density at radius 3 is 1.55 bits per heavy atom. The van der Waals surface area contributed by atoms with Gasteiger partial charge in [-0.05, 0) is 108 Å². The number of hydrogen-bond acceptors (Lipinski definition) is 6. The summed E-state index contributed by atoms with van der Waals surface area (Å²) in [6.07, 6.45) is 41.1. The van der Waals surface area contributed by atoms with E-state index in [4.69, 9.17) is 9.47 Å². The molecule has 6 nitrogen and oxygen atoms in total. The summed E-state index contributed by atoms with van der Waals surface area (Å²) in [5.74, 6) is 0.0210. The number of hydrogen-bond donors (Lipinski definition) is 1. The van der Waals surface area contributed by atoms with Crippen LogP contribution in [0.3, 0.4) is 0 Å². The fourth-order valence-corrected chi connectivity index (χ4v) is 7.98. The molecule has 0 bridgehead atoms. The molecule has 1 N–H and O–H groups in total. The molecule has 0 radical (unpaired) electrons. The normalized spacial score (nSPS) is 13.6. The Morgan fingerprint density at radius 1 is 0.528 bits per heavy atom. The van der Waals surface area contributed by atoms with E-state index in [1.165, 1.54) is 154 Å². The van der Waals surface area contributed by atoms with Crippen LogP contribution in [-0.2, 0) is 19.1 Å². The second-order valence-corrected chi connectivity index (χ2v) is 17.0. The van der Waals surface area contributed by atoms with E-state index in [1.54, 1.807) is 0 Å². The maximum atomic E-state index is 12.9. The zero-order valence-electron chi connectivity index (χ0n) is 35.9. The van der Waals surface area contributed by atoms with Gasteiger partial charge in [0.15, 0.2) is 0 Å². The van der Waals surface area contributed by atoms with E-state index < -0.39 is 0 Å².